The summed E-state index contributed by atoms with van der Waals surface area (Å²) in [5.41, 5.74) is 1.76. The van der Waals surface area contributed by atoms with Gasteiger partial charge in [-0.1, -0.05) is 28.1 Å². The molecule has 0 atom stereocenters. The Morgan fingerprint density at radius 3 is 2.76 bits per heavy atom. The van der Waals surface area contributed by atoms with Crippen LogP contribution < -0.4 is 4.90 Å². The fourth-order valence-electron chi connectivity index (χ4n) is 3.01. The number of hydrogen-bond donors (Lipinski definition) is 0. The second-order valence-electron chi connectivity index (χ2n) is 6.00. The minimum Gasteiger partial charge on any atom is -0.352 e. The average Bonchev–Trinajstić information content (AvgIpc) is 3.09. The van der Waals surface area contributed by atoms with E-state index in [1.54, 1.807) is 10.8 Å². The monoisotopic (exact) mass is 400 g/mol. The first-order chi connectivity index (χ1) is 12.2. The molecule has 0 saturated carbocycles. The Hall–Kier alpha value is -2.48. The molecule has 128 valence electrons. The van der Waals surface area contributed by atoms with Crippen LogP contribution in [-0.2, 0) is 11.2 Å². The molecule has 0 unspecified atom stereocenters. The van der Waals surface area contributed by atoms with Crippen molar-refractivity contribution in [1.82, 2.24) is 24.7 Å². The Kier molecular flexibility index (Phi) is 4.35. The van der Waals surface area contributed by atoms with Gasteiger partial charge in [0.15, 0.2) is 5.65 Å². The van der Waals surface area contributed by atoms with Crippen LogP contribution in [0.2, 0.25) is 0 Å². The Balaban J connectivity index is 1.38. The molecule has 8 heteroatoms. The number of aromatic nitrogens is 4. The average molecular weight is 401 g/mol. The third kappa shape index (κ3) is 3.48. The molecule has 0 aliphatic carbocycles. The molecule has 0 spiro atoms. The lowest BCUT2D eigenvalue weighted by atomic mass is 10.1. The number of fused-ring (bicyclic) bond motifs is 1. The summed E-state index contributed by atoms with van der Waals surface area (Å²) in [7, 11) is 0. The molecular weight excluding hydrogens is 384 g/mol. The van der Waals surface area contributed by atoms with E-state index >= 15 is 0 Å². The normalized spacial score (nSPS) is 14.9. The van der Waals surface area contributed by atoms with Crippen LogP contribution in [0.15, 0.2) is 47.2 Å². The number of piperazine rings is 1. The van der Waals surface area contributed by atoms with Gasteiger partial charge in [-0.2, -0.15) is 4.52 Å². The van der Waals surface area contributed by atoms with Gasteiger partial charge in [0.25, 0.3) is 0 Å². The van der Waals surface area contributed by atoms with Crippen molar-refractivity contribution in [2.24, 2.45) is 0 Å². The molecule has 3 heterocycles. The van der Waals surface area contributed by atoms with Crippen molar-refractivity contribution in [2.45, 2.75) is 6.42 Å². The lowest BCUT2D eigenvalue weighted by molar-refractivity contribution is -0.130. The molecule has 0 radical (unpaired) electrons. The highest BCUT2D eigenvalue weighted by Gasteiger charge is 2.22. The second-order valence-corrected chi connectivity index (χ2v) is 6.92. The molecule has 0 N–H and O–H groups in total. The third-order valence-corrected chi connectivity index (χ3v) is 4.84. The zero-order valence-corrected chi connectivity index (χ0v) is 15.1. The summed E-state index contributed by atoms with van der Waals surface area (Å²) in [5, 5.41) is 12.3. The summed E-state index contributed by atoms with van der Waals surface area (Å²) < 4.78 is 2.67. The van der Waals surface area contributed by atoms with E-state index in [4.69, 9.17) is 0 Å². The number of benzene rings is 1. The molecule has 25 heavy (non-hydrogen) atoms. The lowest BCUT2D eigenvalue weighted by Gasteiger charge is -2.35. The minimum absolute atomic E-state index is 0.167. The van der Waals surface area contributed by atoms with E-state index in [1.807, 2.05) is 41.3 Å². The Morgan fingerprint density at radius 1 is 1.12 bits per heavy atom. The standard InChI is InChI=1S/C17H17BrN6O/c18-14-3-1-2-13(10-14)11-17(25)23-8-6-22(7-9-23)16-5-4-15-20-19-12-24(15)21-16/h1-5,10,12H,6-9,11H2. The Morgan fingerprint density at radius 2 is 1.96 bits per heavy atom. The number of anilines is 1. The first kappa shape index (κ1) is 16.0. The smallest absolute Gasteiger partial charge is 0.227 e. The highest BCUT2D eigenvalue weighted by atomic mass is 79.9. The van der Waals surface area contributed by atoms with Crippen LogP contribution >= 0.6 is 15.9 Å². The lowest BCUT2D eigenvalue weighted by Crippen LogP contribution is -2.49. The van der Waals surface area contributed by atoms with Crippen molar-refractivity contribution in [3.63, 3.8) is 0 Å². The fourth-order valence-corrected chi connectivity index (χ4v) is 3.45. The van der Waals surface area contributed by atoms with Crippen molar-refractivity contribution >= 4 is 33.3 Å². The van der Waals surface area contributed by atoms with E-state index in [0.29, 0.717) is 19.5 Å². The van der Waals surface area contributed by atoms with Crippen LogP contribution in [0.3, 0.4) is 0 Å². The number of hydrogen-bond acceptors (Lipinski definition) is 5. The number of carbonyl (C=O) groups is 1. The Bertz CT molecular complexity index is 903. The van der Waals surface area contributed by atoms with Crippen LogP contribution in [0.4, 0.5) is 5.82 Å². The minimum atomic E-state index is 0.167. The maximum atomic E-state index is 12.5. The summed E-state index contributed by atoms with van der Waals surface area (Å²) in [6.07, 6.45) is 2.03. The van der Waals surface area contributed by atoms with Crippen LogP contribution in [0.5, 0.6) is 0 Å². The van der Waals surface area contributed by atoms with Gasteiger partial charge >= 0.3 is 0 Å². The number of carbonyl (C=O) groups excluding carboxylic acids is 1. The summed E-state index contributed by atoms with van der Waals surface area (Å²) in [6.45, 7) is 2.94. The maximum Gasteiger partial charge on any atom is 0.227 e. The van der Waals surface area contributed by atoms with Gasteiger partial charge in [0.2, 0.25) is 5.91 Å². The van der Waals surface area contributed by atoms with E-state index < -0.39 is 0 Å². The summed E-state index contributed by atoms with van der Waals surface area (Å²) in [5.74, 6) is 1.05. The van der Waals surface area contributed by atoms with E-state index in [0.717, 1.165) is 34.6 Å². The topological polar surface area (TPSA) is 66.6 Å². The van der Waals surface area contributed by atoms with E-state index in [1.165, 1.54) is 0 Å². The van der Waals surface area contributed by atoms with Gasteiger partial charge in [-0.05, 0) is 29.8 Å². The first-order valence-electron chi connectivity index (χ1n) is 8.13. The predicted molar refractivity (Wildman–Crippen MR) is 97.4 cm³/mol. The van der Waals surface area contributed by atoms with Gasteiger partial charge < -0.3 is 9.80 Å². The van der Waals surface area contributed by atoms with E-state index in [2.05, 4.69) is 36.1 Å². The van der Waals surface area contributed by atoms with Crippen molar-refractivity contribution in [3.05, 3.63) is 52.8 Å². The zero-order chi connectivity index (χ0) is 17.2. The zero-order valence-electron chi connectivity index (χ0n) is 13.5. The molecular formula is C17H17BrN6O. The SMILES string of the molecule is O=C(Cc1cccc(Br)c1)N1CCN(c2ccc3nncn3n2)CC1. The number of rotatable bonds is 3. The van der Waals surface area contributed by atoms with Crippen molar-refractivity contribution < 1.29 is 4.79 Å². The molecule has 1 aromatic carbocycles. The maximum absolute atomic E-state index is 12.5. The van der Waals surface area contributed by atoms with Crippen molar-refractivity contribution in [2.75, 3.05) is 31.1 Å². The van der Waals surface area contributed by atoms with Crippen LogP contribution in [0, 0.1) is 0 Å². The molecule has 2 aromatic heterocycles. The fraction of sp³-hybridized carbons (Fsp3) is 0.294. The van der Waals surface area contributed by atoms with Crippen LogP contribution in [0.25, 0.3) is 5.65 Å². The van der Waals surface area contributed by atoms with E-state index in [-0.39, 0.29) is 5.91 Å². The molecule has 1 aliphatic heterocycles. The summed E-state index contributed by atoms with van der Waals surface area (Å²) in [4.78, 5) is 16.6. The first-order valence-corrected chi connectivity index (χ1v) is 8.92. The molecule has 7 nitrogen and oxygen atoms in total. The second kappa shape index (κ2) is 6.79. The number of halogens is 1. The highest BCUT2D eigenvalue weighted by molar-refractivity contribution is 9.10. The van der Waals surface area contributed by atoms with Gasteiger partial charge in [0, 0.05) is 30.7 Å². The molecule has 4 rings (SSSR count). The highest BCUT2D eigenvalue weighted by Crippen LogP contribution is 2.16. The predicted octanol–water partition coefficient (Wildman–Crippen LogP) is 1.78. The summed E-state index contributed by atoms with van der Waals surface area (Å²) in [6, 6.07) is 11.7. The molecule has 1 aliphatic rings. The van der Waals surface area contributed by atoms with Gasteiger partial charge in [-0.3, -0.25) is 4.79 Å². The van der Waals surface area contributed by atoms with E-state index in [9.17, 15) is 4.79 Å². The Labute approximate surface area is 153 Å². The molecule has 1 amide bonds. The molecule has 1 saturated heterocycles. The summed E-state index contributed by atoms with van der Waals surface area (Å²) >= 11 is 3.45. The van der Waals surface area contributed by atoms with Crippen molar-refractivity contribution in [1.29, 1.82) is 0 Å². The third-order valence-electron chi connectivity index (χ3n) is 4.35. The van der Waals surface area contributed by atoms with Gasteiger partial charge in [-0.15, -0.1) is 15.3 Å². The van der Waals surface area contributed by atoms with Gasteiger partial charge in [0.1, 0.15) is 12.1 Å². The number of nitrogens with zero attached hydrogens (tertiary/aromatic N) is 6. The van der Waals surface area contributed by atoms with Crippen LogP contribution in [-0.4, -0.2) is 56.8 Å². The quantitative estimate of drug-likeness (QED) is 0.670. The van der Waals surface area contributed by atoms with Crippen LogP contribution in [0.1, 0.15) is 5.56 Å². The largest absolute Gasteiger partial charge is 0.352 e. The number of amides is 1. The van der Waals surface area contributed by atoms with Crippen molar-refractivity contribution in [3.8, 4) is 0 Å². The van der Waals surface area contributed by atoms with Gasteiger partial charge in [0.05, 0.1) is 6.42 Å². The molecule has 3 aromatic rings. The van der Waals surface area contributed by atoms with Gasteiger partial charge in [-0.25, -0.2) is 0 Å². The molecule has 1 fully saturated rings. The molecule has 0 bridgehead atoms.